The van der Waals surface area contributed by atoms with Gasteiger partial charge < -0.3 is 9.73 Å². The van der Waals surface area contributed by atoms with E-state index < -0.39 is 0 Å². The van der Waals surface area contributed by atoms with Gasteiger partial charge in [0.2, 0.25) is 0 Å². The molecule has 0 saturated heterocycles. The van der Waals surface area contributed by atoms with Gasteiger partial charge >= 0.3 is 0 Å². The van der Waals surface area contributed by atoms with E-state index in [1.54, 1.807) is 0 Å². The number of hydrogen-bond acceptors (Lipinski definition) is 2. The number of hydrogen-bond donors (Lipinski definition) is 1. The zero-order chi connectivity index (χ0) is 15.3. The Kier molecular flexibility index (Phi) is 5.46. The fourth-order valence-electron chi connectivity index (χ4n) is 2.53. The maximum absolute atomic E-state index is 6.07. The van der Waals surface area contributed by atoms with Crippen molar-refractivity contribution < 1.29 is 4.42 Å². The van der Waals surface area contributed by atoms with Gasteiger partial charge in [-0.15, -0.1) is 0 Å². The summed E-state index contributed by atoms with van der Waals surface area (Å²) in [5.41, 5.74) is 2.73. The van der Waals surface area contributed by atoms with Gasteiger partial charge in [0.25, 0.3) is 0 Å². The van der Waals surface area contributed by atoms with Gasteiger partial charge in [0.1, 0.15) is 11.3 Å². The third kappa shape index (κ3) is 4.10. The lowest BCUT2D eigenvalue weighted by atomic mass is 9.90. The SMILES string of the molecule is CCCCc1oc2ccccc2c1CNCC(C)(C)CC. The molecule has 21 heavy (non-hydrogen) atoms. The lowest BCUT2D eigenvalue weighted by molar-refractivity contribution is 0.327. The molecular formula is C19H29NO. The summed E-state index contributed by atoms with van der Waals surface area (Å²) in [6, 6.07) is 8.40. The standard InChI is InChI=1S/C19H29NO/c1-5-7-11-18-16(13-20-14-19(3,4)6-2)15-10-8-9-12-17(15)21-18/h8-10,12,20H,5-7,11,13-14H2,1-4H3. The van der Waals surface area contributed by atoms with Gasteiger partial charge in [0, 0.05) is 30.5 Å². The van der Waals surface area contributed by atoms with Crippen molar-refractivity contribution in [1.82, 2.24) is 5.32 Å². The second-order valence-electron chi connectivity index (χ2n) is 6.72. The largest absolute Gasteiger partial charge is 0.461 e. The van der Waals surface area contributed by atoms with Gasteiger partial charge in [-0.1, -0.05) is 52.3 Å². The summed E-state index contributed by atoms with van der Waals surface area (Å²) in [6.07, 6.45) is 4.62. The normalized spacial score (nSPS) is 12.2. The fraction of sp³-hybridized carbons (Fsp3) is 0.579. The van der Waals surface area contributed by atoms with Crippen molar-refractivity contribution >= 4 is 11.0 Å². The first-order valence-electron chi connectivity index (χ1n) is 8.27. The summed E-state index contributed by atoms with van der Waals surface area (Å²) in [4.78, 5) is 0. The summed E-state index contributed by atoms with van der Waals surface area (Å²) in [5, 5.41) is 4.90. The van der Waals surface area contributed by atoms with E-state index in [0.717, 1.165) is 25.1 Å². The molecule has 1 aromatic heterocycles. The zero-order valence-corrected chi connectivity index (χ0v) is 14.0. The molecule has 0 aliphatic heterocycles. The summed E-state index contributed by atoms with van der Waals surface area (Å²) >= 11 is 0. The molecule has 0 aliphatic carbocycles. The van der Waals surface area contributed by atoms with Crippen LogP contribution in [0, 0.1) is 5.41 Å². The Hall–Kier alpha value is -1.28. The number of furan rings is 1. The molecule has 1 aromatic carbocycles. The van der Waals surface area contributed by atoms with E-state index in [0.29, 0.717) is 5.41 Å². The first kappa shape index (κ1) is 16.1. The van der Waals surface area contributed by atoms with Crippen molar-refractivity contribution in [3.8, 4) is 0 Å². The maximum atomic E-state index is 6.07. The molecule has 0 aliphatic rings. The average molecular weight is 287 g/mol. The molecule has 0 amide bonds. The first-order chi connectivity index (χ1) is 10.1. The van der Waals surface area contributed by atoms with Crippen LogP contribution in [0.1, 0.15) is 58.3 Å². The van der Waals surface area contributed by atoms with Crippen LogP contribution in [0.2, 0.25) is 0 Å². The topological polar surface area (TPSA) is 25.2 Å². The molecule has 0 bridgehead atoms. The lowest BCUT2D eigenvalue weighted by Crippen LogP contribution is -2.28. The molecule has 2 rings (SSSR count). The van der Waals surface area contributed by atoms with Crippen LogP contribution in [0.15, 0.2) is 28.7 Å². The van der Waals surface area contributed by atoms with Crippen LogP contribution in [-0.2, 0) is 13.0 Å². The Morgan fingerprint density at radius 3 is 2.62 bits per heavy atom. The van der Waals surface area contributed by atoms with Crippen molar-refractivity contribution in [3.63, 3.8) is 0 Å². The van der Waals surface area contributed by atoms with Crippen LogP contribution in [0.4, 0.5) is 0 Å². The molecule has 0 fully saturated rings. The number of rotatable bonds is 8. The van der Waals surface area contributed by atoms with Crippen LogP contribution < -0.4 is 5.32 Å². The van der Waals surface area contributed by atoms with E-state index in [4.69, 9.17) is 4.42 Å². The number of benzene rings is 1. The molecule has 0 unspecified atom stereocenters. The molecule has 0 radical (unpaired) electrons. The highest BCUT2D eigenvalue weighted by Gasteiger charge is 2.17. The monoisotopic (exact) mass is 287 g/mol. The van der Waals surface area contributed by atoms with Crippen LogP contribution in [0.5, 0.6) is 0 Å². The van der Waals surface area contributed by atoms with Gasteiger partial charge in [-0.25, -0.2) is 0 Å². The molecule has 116 valence electrons. The molecule has 0 saturated carbocycles. The molecular weight excluding hydrogens is 258 g/mol. The molecule has 0 spiro atoms. The fourth-order valence-corrected chi connectivity index (χ4v) is 2.53. The van der Waals surface area contributed by atoms with Crippen LogP contribution in [-0.4, -0.2) is 6.54 Å². The molecule has 2 aromatic rings. The Bertz CT molecular complexity index is 568. The summed E-state index contributed by atoms with van der Waals surface area (Å²) in [7, 11) is 0. The van der Waals surface area contributed by atoms with Crippen LogP contribution in [0.25, 0.3) is 11.0 Å². The Labute approximate surface area is 128 Å². The highest BCUT2D eigenvalue weighted by atomic mass is 16.3. The minimum Gasteiger partial charge on any atom is -0.461 e. The quantitative estimate of drug-likeness (QED) is 0.712. The highest BCUT2D eigenvalue weighted by molar-refractivity contribution is 5.82. The van der Waals surface area contributed by atoms with E-state index in [-0.39, 0.29) is 0 Å². The summed E-state index contributed by atoms with van der Waals surface area (Å²) < 4.78 is 6.07. The van der Waals surface area contributed by atoms with Crippen molar-refractivity contribution in [1.29, 1.82) is 0 Å². The molecule has 1 N–H and O–H groups in total. The van der Waals surface area contributed by atoms with Gasteiger partial charge in [0.15, 0.2) is 0 Å². The summed E-state index contributed by atoms with van der Waals surface area (Å²) in [5.74, 6) is 1.17. The first-order valence-corrected chi connectivity index (χ1v) is 8.27. The lowest BCUT2D eigenvalue weighted by Gasteiger charge is -2.23. The third-order valence-corrected chi connectivity index (χ3v) is 4.40. The van der Waals surface area contributed by atoms with E-state index in [1.807, 2.05) is 6.07 Å². The Morgan fingerprint density at radius 2 is 1.90 bits per heavy atom. The second kappa shape index (κ2) is 7.13. The third-order valence-electron chi connectivity index (χ3n) is 4.40. The second-order valence-corrected chi connectivity index (χ2v) is 6.72. The van der Waals surface area contributed by atoms with Crippen molar-refractivity contribution in [2.75, 3.05) is 6.54 Å². The highest BCUT2D eigenvalue weighted by Crippen LogP contribution is 2.27. The van der Waals surface area contributed by atoms with Crippen molar-refractivity contribution in [2.45, 2.75) is 59.9 Å². The number of nitrogens with one attached hydrogen (secondary N) is 1. The molecule has 2 nitrogen and oxygen atoms in total. The predicted molar refractivity (Wildman–Crippen MR) is 90.6 cm³/mol. The van der Waals surface area contributed by atoms with Gasteiger partial charge in [-0.3, -0.25) is 0 Å². The average Bonchev–Trinajstić information content (AvgIpc) is 2.83. The van der Waals surface area contributed by atoms with Crippen LogP contribution in [0.3, 0.4) is 0 Å². The predicted octanol–water partition coefficient (Wildman–Crippen LogP) is 5.30. The molecule has 0 atom stereocenters. The van der Waals surface area contributed by atoms with Crippen LogP contribution >= 0.6 is 0 Å². The van der Waals surface area contributed by atoms with Crippen molar-refractivity contribution in [2.24, 2.45) is 5.41 Å². The zero-order valence-electron chi connectivity index (χ0n) is 14.0. The minimum atomic E-state index is 0.350. The van der Waals surface area contributed by atoms with Gasteiger partial charge in [0.05, 0.1) is 0 Å². The van der Waals surface area contributed by atoms with Crippen molar-refractivity contribution in [3.05, 3.63) is 35.6 Å². The number of fused-ring (bicyclic) bond motifs is 1. The maximum Gasteiger partial charge on any atom is 0.134 e. The molecule has 2 heteroatoms. The number of unbranched alkanes of at least 4 members (excludes halogenated alkanes) is 1. The van der Waals surface area contributed by atoms with Gasteiger partial charge in [-0.2, -0.15) is 0 Å². The van der Waals surface area contributed by atoms with E-state index in [2.05, 4.69) is 51.2 Å². The van der Waals surface area contributed by atoms with E-state index in [1.165, 1.54) is 36.0 Å². The number of para-hydroxylation sites is 1. The number of aryl methyl sites for hydroxylation is 1. The van der Waals surface area contributed by atoms with E-state index >= 15 is 0 Å². The smallest absolute Gasteiger partial charge is 0.134 e. The van der Waals surface area contributed by atoms with E-state index in [9.17, 15) is 0 Å². The minimum absolute atomic E-state index is 0.350. The summed E-state index contributed by atoms with van der Waals surface area (Å²) in [6.45, 7) is 11.0. The van der Waals surface area contributed by atoms with Gasteiger partial charge in [-0.05, 0) is 24.3 Å². The Balaban J connectivity index is 2.15. The Morgan fingerprint density at radius 1 is 1.14 bits per heavy atom. The molecule has 1 heterocycles.